The van der Waals surface area contributed by atoms with Crippen molar-refractivity contribution in [3.8, 4) is 6.07 Å². The molecule has 6 heteroatoms. The maximum Gasteiger partial charge on any atom is 0.283 e. The monoisotopic (exact) mass is 295 g/mol. The molecule has 1 aliphatic rings. The van der Waals surface area contributed by atoms with Gasteiger partial charge in [-0.3, -0.25) is 10.1 Å². The average molecular weight is 296 g/mol. The minimum atomic E-state index is -0.421. The van der Waals surface area contributed by atoms with Crippen LogP contribution in [0.4, 0.5) is 11.4 Å². The van der Waals surface area contributed by atoms with E-state index in [-0.39, 0.29) is 11.6 Å². The Bertz CT molecular complexity index is 498. The molecule has 5 nitrogen and oxygen atoms in total. The summed E-state index contributed by atoms with van der Waals surface area (Å²) in [6.07, 6.45) is 0.852. The number of nitro benzene ring substituents is 1. The summed E-state index contributed by atoms with van der Waals surface area (Å²) in [5.41, 5.74) is 0.977. The van der Waals surface area contributed by atoms with Crippen molar-refractivity contribution in [2.75, 3.05) is 18.0 Å². The molecule has 0 unspecified atom stereocenters. The lowest BCUT2D eigenvalue weighted by molar-refractivity contribution is -0.385. The van der Waals surface area contributed by atoms with Gasteiger partial charge in [0.05, 0.1) is 21.4 Å². The van der Waals surface area contributed by atoms with Crippen LogP contribution in [0.3, 0.4) is 0 Å². The summed E-state index contributed by atoms with van der Waals surface area (Å²) in [4.78, 5) is 12.3. The summed E-state index contributed by atoms with van der Waals surface area (Å²) < 4.78 is 0.473. The van der Waals surface area contributed by atoms with E-state index in [1.165, 1.54) is 6.07 Å². The number of hydrogen-bond acceptors (Lipinski definition) is 4. The summed E-state index contributed by atoms with van der Waals surface area (Å²) >= 11 is 3.19. The quantitative estimate of drug-likeness (QED) is 0.621. The molecule has 1 atom stereocenters. The summed E-state index contributed by atoms with van der Waals surface area (Å²) in [7, 11) is 0. The molecular formula is C11H10BrN3O2. The number of nitro groups is 1. The lowest BCUT2D eigenvalue weighted by Gasteiger charge is -2.17. The zero-order chi connectivity index (χ0) is 12.4. The van der Waals surface area contributed by atoms with E-state index in [0.29, 0.717) is 11.0 Å². The zero-order valence-electron chi connectivity index (χ0n) is 8.97. The fourth-order valence-electron chi connectivity index (χ4n) is 1.94. The van der Waals surface area contributed by atoms with E-state index in [4.69, 9.17) is 5.26 Å². The number of benzene rings is 1. The largest absolute Gasteiger partial charge is 0.370 e. The maximum atomic E-state index is 10.7. The lowest BCUT2D eigenvalue weighted by Crippen LogP contribution is -2.19. The van der Waals surface area contributed by atoms with Crippen molar-refractivity contribution >= 4 is 27.3 Å². The van der Waals surface area contributed by atoms with E-state index >= 15 is 0 Å². The first-order valence-corrected chi connectivity index (χ1v) is 5.99. The molecule has 0 aliphatic carbocycles. The summed E-state index contributed by atoms with van der Waals surface area (Å²) in [5, 5.41) is 19.5. The molecule has 0 aromatic heterocycles. The van der Waals surface area contributed by atoms with Gasteiger partial charge >= 0.3 is 0 Å². The topological polar surface area (TPSA) is 70.2 Å². The summed E-state index contributed by atoms with van der Waals surface area (Å²) in [6.45, 7) is 1.52. The van der Waals surface area contributed by atoms with Crippen molar-refractivity contribution in [1.29, 1.82) is 5.26 Å². The van der Waals surface area contributed by atoms with Gasteiger partial charge in [-0.2, -0.15) is 5.26 Å². The van der Waals surface area contributed by atoms with Crippen molar-refractivity contribution in [3.05, 3.63) is 32.8 Å². The molecule has 1 aromatic carbocycles. The van der Waals surface area contributed by atoms with Gasteiger partial charge in [0.1, 0.15) is 0 Å². The van der Waals surface area contributed by atoms with Crippen LogP contribution in [0.2, 0.25) is 0 Å². The highest BCUT2D eigenvalue weighted by Gasteiger charge is 2.23. The normalized spacial score (nSPS) is 19.1. The van der Waals surface area contributed by atoms with Gasteiger partial charge in [-0.05, 0) is 34.5 Å². The van der Waals surface area contributed by atoms with Crippen LogP contribution in [-0.2, 0) is 0 Å². The van der Waals surface area contributed by atoms with Gasteiger partial charge in [0.25, 0.3) is 5.69 Å². The van der Waals surface area contributed by atoms with Gasteiger partial charge < -0.3 is 4.90 Å². The first kappa shape index (κ1) is 11.9. The first-order valence-electron chi connectivity index (χ1n) is 5.20. The van der Waals surface area contributed by atoms with Gasteiger partial charge in [0.15, 0.2) is 0 Å². The Kier molecular flexibility index (Phi) is 3.29. The Labute approximate surface area is 107 Å². The van der Waals surface area contributed by atoms with Crippen LogP contribution in [-0.4, -0.2) is 18.0 Å². The Morgan fingerprint density at radius 3 is 2.88 bits per heavy atom. The molecule has 88 valence electrons. The van der Waals surface area contributed by atoms with E-state index in [1.807, 2.05) is 0 Å². The van der Waals surface area contributed by atoms with Crippen LogP contribution < -0.4 is 4.90 Å². The van der Waals surface area contributed by atoms with Crippen molar-refractivity contribution in [2.45, 2.75) is 6.42 Å². The lowest BCUT2D eigenvalue weighted by atomic mass is 10.1. The molecule has 1 aromatic rings. The van der Waals surface area contributed by atoms with Crippen LogP contribution in [0.5, 0.6) is 0 Å². The molecule has 17 heavy (non-hydrogen) atoms. The third-order valence-corrected chi connectivity index (χ3v) is 3.50. The van der Waals surface area contributed by atoms with Crippen LogP contribution >= 0.6 is 15.9 Å². The number of halogens is 1. The first-order chi connectivity index (χ1) is 8.11. The van der Waals surface area contributed by atoms with Crippen LogP contribution in [0.15, 0.2) is 22.7 Å². The van der Waals surface area contributed by atoms with E-state index in [2.05, 4.69) is 26.9 Å². The molecule has 0 radical (unpaired) electrons. The summed E-state index contributed by atoms with van der Waals surface area (Å²) in [5.74, 6) is 0.0592. The molecule has 0 N–H and O–H groups in total. The van der Waals surface area contributed by atoms with Gasteiger partial charge in [-0.25, -0.2) is 0 Å². The predicted octanol–water partition coefficient (Wildman–Crippen LogP) is 2.71. The third-order valence-electron chi connectivity index (χ3n) is 2.86. The Hall–Kier alpha value is -1.61. The van der Waals surface area contributed by atoms with E-state index in [0.717, 1.165) is 18.7 Å². The van der Waals surface area contributed by atoms with E-state index < -0.39 is 4.92 Å². The molecule has 0 bridgehead atoms. The highest BCUT2D eigenvalue weighted by atomic mass is 79.9. The molecule has 1 fully saturated rings. The Morgan fingerprint density at radius 2 is 2.35 bits per heavy atom. The number of anilines is 1. The van der Waals surface area contributed by atoms with Gasteiger partial charge in [0.2, 0.25) is 0 Å². The number of nitriles is 1. The SMILES string of the molecule is N#C[C@@H]1CCN(c2ccc([N+](=O)[O-])c(Br)c2)C1. The Morgan fingerprint density at radius 1 is 1.59 bits per heavy atom. The summed E-state index contributed by atoms with van der Waals surface area (Å²) in [6, 6.07) is 7.19. The zero-order valence-corrected chi connectivity index (χ0v) is 10.6. The van der Waals surface area contributed by atoms with Crippen LogP contribution in [0.1, 0.15) is 6.42 Å². The molecular weight excluding hydrogens is 286 g/mol. The number of nitrogens with zero attached hydrogens (tertiary/aromatic N) is 3. The fourth-order valence-corrected chi connectivity index (χ4v) is 2.45. The minimum absolute atomic E-state index is 0.0592. The molecule has 0 amide bonds. The highest BCUT2D eigenvalue weighted by molar-refractivity contribution is 9.10. The van der Waals surface area contributed by atoms with Gasteiger partial charge in [-0.1, -0.05) is 0 Å². The molecule has 1 heterocycles. The number of hydrogen-bond donors (Lipinski definition) is 0. The molecule has 0 saturated carbocycles. The molecule has 0 spiro atoms. The van der Waals surface area contributed by atoms with Crippen molar-refractivity contribution < 1.29 is 4.92 Å². The van der Waals surface area contributed by atoms with Crippen LogP contribution in [0.25, 0.3) is 0 Å². The van der Waals surface area contributed by atoms with E-state index in [9.17, 15) is 10.1 Å². The third kappa shape index (κ3) is 2.39. The van der Waals surface area contributed by atoms with Crippen LogP contribution in [0, 0.1) is 27.4 Å². The van der Waals surface area contributed by atoms with Gasteiger partial charge in [-0.15, -0.1) is 0 Å². The smallest absolute Gasteiger partial charge is 0.283 e. The minimum Gasteiger partial charge on any atom is -0.370 e. The van der Waals surface area contributed by atoms with E-state index in [1.54, 1.807) is 12.1 Å². The second-order valence-electron chi connectivity index (χ2n) is 3.95. The van der Waals surface area contributed by atoms with Crippen molar-refractivity contribution in [3.63, 3.8) is 0 Å². The molecule has 1 saturated heterocycles. The van der Waals surface area contributed by atoms with Crippen molar-refractivity contribution in [2.24, 2.45) is 5.92 Å². The number of rotatable bonds is 2. The molecule has 2 rings (SSSR count). The Balaban J connectivity index is 2.22. The molecule has 1 aliphatic heterocycles. The maximum absolute atomic E-state index is 10.7. The highest BCUT2D eigenvalue weighted by Crippen LogP contribution is 2.31. The van der Waals surface area contributed by atoms with Gasteiger partial charge in [0, 0.05) is 24.8 Å². The van der Waals surface area contributed by atoms with Crippen molar-refractivity contribution in [1.82, 2.24) is 0 Å². The second kappa shape index (κ2) is 4.72. The second-order valence-corrected chi connectivity index (χ2v) is 4.81. The average Bonchev–Trinajstić information content (AvgIpc) is 2.76. The predicted molar refractivity (Wildman–Crippen MR) is 66.7 cm³/mol. The standard InChI is InChI=1S/C11H10BrN3O2/c12-10-5-9(1-2-11(10)15(16)17)14-4-3-8(6-13)7-14/h1-2,5,8H,3-4,7H2/t8-/m0/s1. The fraction of sp³-hybridized carbons (Fsp3) is 0.364.